The Labute approximate surface area is 125 Å². The normalized spacial score (nSPS) is 10.4. The topological polar surface area (TPSA) is 55.1 Å². The highest BCUT2D eigenvalue weighted by atomic mass is 32.2. The largest absolute Gasteiger partial charge is 0.399 e. The zero-order valence-electron chi connectivity index (χ0n) is 11.1. The fourth-order valence-corrected chi connectivity index (χ4v) is 2.52. The quantitative estimate of drug-likeness (QED) is 0.659. The van der Waals surface area contributed by atoms with Crippen LogP contribution in [0.1, 0.15) is 5.56 Å². The zero-order valence-corrected chi connectivity index (χ0v) is 11.9. The second-order valence-electron chi connectivity index (χ2n) is 4.38. The van der Waals surface area contributed by atoms with Gasteiger partial charge in [-0.1, -0.05) is 18.2 Å². The van der Waals surface area contributed by atoms with Crippen molar-refractivity contribution in [3.63, 3.8) is 0 Å². The minimum absolute atomic E-state index is 0.108. The van der Waals surface area contributed by atoms with Crippen LogP contribution in [0.15, 0.2) is 47.4 Å². The maximum atomic E-state index is 13.4. The van der Waals surface area contributed by atoms with Crippen LogP contribution in [0.5, 0.6) is 0 Å². The second-order valence-corrected chi connectivity index (χ2v) is 5.43. The molecule has 2 rings (SSSR count). The van der Waals surface area contributed by atoms with Gasteiger partial charge in [0.2, 0.25) is 5.91 Å². The number of amides is 1. The van der Waals surface area contributed by atoms with Crippen LogP contribution in [0.2, 0.25) is 0 Å². The van der Waals surface area contributed by atoms with Crippen LogP contribution in [-0.4, -0.2) is 11.7 Å². The molecule has 0 atom stereocenters. The first-order valence-corrected chi connectivity index (χ1v) is 7.22. The van der Waals surface area contributed by atoms with Crippen molar-refractivity contribution in [1.82, 2.24) is 5.32 Å². The smallest absolute Gasteiger partial charge is 0.230 e. The lowest BCUT2D eigenvalue weighted by atomic mass is 10.2. The van der Waals surface area contributed by atoms with Crippen LogP contribution >= 0.6 is 11.8 Å². The summed E-state index contributed by atoms with van der Waals surface area (Å²) in [5.41, 5.74) is 6.25. The van der Waals surface area contributed by atoms with Gasteiger partial charge in [-0.25, -0.2) is 8.78 Å². The van der Waals surface area contributed by atoms with Crippen LogP contribution in [0, 0.1) is 11.6 Å². The van der Waals surface area contributed by atoms with E-state index in [-0.39, 0.29) is 24.0 Å². The van der Waals surface area contributed by atoms with Crippen molar-refractivity contribution in [2.24, 2.45) is 0 Å². The standard InChI is InChI=1S/C15H14F2N2OS/c16-11-5-12(18)7-13(6-11)21-9-15(20)19-8-10-3-1-2-4-14(10)17/h1-7H,8-9,18H2,(H,19,20). The Morgan fingerprint density at radius 3 is 2.67 bits per heavy atom. The van der Waals surface area contributed by atoms with Crippen molar-refractivity contribution in [2.45, 2.75) is 11.4 Å². The number of anilines is 1. The van der Waals surface area contributed by atoms with E-state index in [0.717, 1.165) is 0 Å². The van der Waals surface area contributed by atoms with E-state index in [2.05, 4.69) is 5.32 Å². The van der Waals surface area contributed by atoms with Crippen LogP contribution in [0.25, 0.3) is 0 Å². The molecule has 0 aromatic heterocycles. The molecule has 0 aliphatic rings. The molecule has 0 aliphatic carbocycles. The first-order chi connectivity index (χ1) is 10.0. The summed E-state index contributed by atoms with van der Waals surface area (Å²) < 4.78 is 26.5. The predicted molar refractivity (Wildman–Crippen MR) is 79.8 cm³/mol. The van der Waals surface area contributed by atoms with E-state index in [1.54, 1.807) is 24.3 Å². The molecule has 0 spiro atoms. The molecule has 110 valence electrons. The highest BCUT2D eigenvalue weighted by Crippen LogP contribution is 2.21. The number of hydrogen-bond acceptors (Lipinski definition) is 3. The number of halogens is 2. The molecule has 0 radical (unpaired) electrons. The molecule has 0 aliphatic heterocycles. The first kappa shape index (κ1) is 15.3. The molecule has 21 heavy (non-hydrogen) atoms. The third-order valence-electron chi connectivity index (χ3n) is 2.70. The summed E-state index contributed by atoms with van der Waals surface area (Å²) in [7, 11) is 0. The summed E-state index contributed by atoms with van der Waals surface area (Å²) in [6, 6.07) is 10.4. The van der Waals surface area contributed by atoms with Crippen molar-refractivity contribution in [3.8, 4) is 0 Å². The van der Waals surface area contributed by atoms with Gasteiger partial charge >= 0.3 is 0 Å². The molecule has 2 aromatic carbocycles. The molecule has 0 heterocycles. The number of benzene rings is 2. The Bertz CT molecular complexity index is 629. The van der Waals surface area contributed by atoms with Gasteiger partial charge in [-0.3, -0.25) is 4.79 Å². The average molecular weight is 308 g/mol. The number of nitrogens with two attached hydrogens (primary N) is 1. The van der Waals surface area contributed by atoms with E-state index in [1.807, 2.05) is 0 Å². The molecule has 0 saturated heterocycles. The van der Waals surface area contributed by atoms with Crippen molar-refractivity contribution in [1.29, 1.82) is 0 Å². The molecule has 3 N–H and O–H groups in total. The van der Waals surface area contributed by atoms with Crippen molar-refractivity contribution in [2.75, 3.05) is 11.5 Å². The van der Waals surface area contributed by atoms with Gasteiger partial charge in [0.05, 0.1) is 5.75 Å². The molecule has 6 heteroatoms. The van der Waals surface area contributed by atoms with Crippen molar-refractivity contribution < 1.29 is 13.6 Å². The molecule has 0 saturated carbocycles. The highest BCUT2D eigenvalue weighted by molar-refractivity contribution is 8.00. The van der Waals surface area contributed by atoms with Gasteiger partial charge in [-0.15, -0.1) is 11.8 Å². The fraction of sp³-hybridized carbons (Fsp3) is 0.133. The molecular formula is C15H14F2N2OS. The number of carbonyl (C=O) groups is 1. The van der Waals surface area contributed by atoms with Gasteiger partial charge < -0.3 is 11.1 Å². The Kier molecular flexibility index (Phi) is 5.16. The molecule has 2 aromatic rings. The van der Waals surface area contributed by atoms with Gasteiger partial charge in [0.25, 0.3) is 0 Å². The summed E-state index contributed by atoms with van der Waals surface area (Å²) in [5, 5.41) is 2.61. The van der Waals surface area contributed by atoms with Gasteiger partial charge in [-0.05, 0) is 24.3 Å². The molecule has 0 fully saturated rings. The maximum absolute atomic E-state index is 13.4. The Hall–Kier alpha value is -2.08. The zero-order chi connectivity index (χ0) is 15.2. The van der Waals surface area contributed by atoms with E-state index >= 15 is 0 Å². The number of nitrogen functional groups attached to an aromatic ring is 1. The van der Waals surface area contributed by atoms with E-state index in [0.29, 0.717) is 16.1 Å². The average Bonchev–Trinajstić information content (AvgIpc) is 2.43. The molecule has 1 amide bonds. The van der Waals surface area contributed by atoms with Crippen LogP contribution in [-0.2, 0) is 11.3 Å². The Morgan fingerprint density at radius 1 is 1.19 bits per heavy atom. The third-order valence-corrected chi connectivity index (χ3v) is 3.67. The maximum Gasteiger partial charge on any atom is 0.230 e. The van der Waals surface area contributed by atoms with Crippen molar-refractivity contribution in [3.05, 3.63) is 59.7 Å². The van der Waals surface area contributed by atoms with Gasteiger partial charge in [-0.2, -0.15) is 0 Å². The van der Waals surface area contributed by atoms with E-state index in [4.69, 9.17) is 5.73 Å². The first-order valence-electron chi connectivity index (χ1n) is 6.23. The Balaban J connectivity index is 1.84. The lowest BCUT2D eigenvalue weighted by Gasteiger charge is -2.07. The minimum Gasteiger partial charge on any atom is -0.399 e. The third kappa shape index (κ3) is 4.75. The monoisotopic (exact) mass is 308 g/mol. The van der Waals surface area contributed by atoms with E-state index < -0.39 is 5.82 Å². The van der Waals surface area contributed by atoms with Gasteiger partial charge in [0.1, 0.15) is 11.6 Å². The molecule has 0 bridgehead atoms. The number of nitrogens with one attached hydrogen (secondary N) is 1. The second kappa shape index (κ2) is 7.08. The van der Waals surface area contributed by atoms with E-state index in [9.17, 15) is 13.6 Å². The number of carbonyl (C=O) groups excluding carboxylic acids is 1. The predicted octanol–water partition coefficient (Wildman–Crippen LogP) is 2.96. The fourth-order valence-electron chi connectivity index (χ4n) is 1.70. The minimum atomic E-state index is -0.440. The van der Waals surface area contributed by atoms with Gasteiger partial charge in [0.15, 0.2) is 0 Å². The van der Waals surface area contributed by atoms with Crippen LogP contribution < -0.4 is 11.1 Å². The van der Waals surface area contributed by atoms with E-state index in [1.165, 1.54) is 30.0 Å². The van der Waals surface area contributed by atoms with Crippen LogP contribution in [0.3, 0.4) is 0 Å². The van der Waals surface area contributed by atoms with Gasteiger partial charge in [0, 0.05) is 22.7 Å². The number of hydrogen-bond donors (Lipinski definition) is 2. The Morgan fingerprint density at radius 2 is 1.95 bits per heavy atom. The van der Waals surface area contributed by atoms with Crippen LogP contribution in [0.4, 0.5) is 14.5 Å². The lowest BCUT2D eigenvalue weighted by molar-refractivity contribution is -0.118. The summed E-state index contributed by atoms with van der Waals surface area (Å²) in [6.45, 7) is 0.122. The lowest BCUT2D eigenvalue weighted by Crippen LogP contribution is -2.25. The molecule has 3 nitrogen and oxygen atoms in total. The summed E-state index contributed by atoms with van der Waals surface area (Å²) >= 11 is 1.17. The van der Waals surface area contributed by atoms with Crippen molar-refractivity contribution >= 4 is 23.4 Å². The SMILES string of the molecule is Nc1cc(F)cc(SCC(=O)NCc2ccccc2F)c1. The summed E-state index contributed by atoms with van der Waals surface area (Å²) in [6.07, 6.45) is 0. The molecule has 0 unspecified atom stereocenters. The number of thioether (sulfide) groups is 1. The summed E-state index contributed by atoms with van der Waals surface area (Å²) in [5.74, 6) is -0.948. The molecular weight excluding hydrogens is 294 g/mol. The highest BCUT2D eigenvalue weighted by Gasteiger charge is 2.06. The number of rotatable bonds is 5. The summed E-state index contributed by atoms with van der Waals surface area (Å²) in [4.78, 5) is 12.3.